The molecule has 4 aromatic rings. The molecule has 3 aromatic carbocycles. The van der Waals surface area contributed by atoms with E-state index in [0.717, 1.165) is 79.3 Å². The molecule has 1 aromatic heterocycles. The van der Waals surface area contributed by atoms with Crippen molar-refractivity contribution in [2.45, 2.75) is 32.2 Å². The SMILES string of the molecule is COc1cc2c(cc1OC)CN(CCc1ccc(-n3c4c(c(=O)c5cccc(OC)c53)C=CCC4)cc1)CC2. The lowest BCUT2D eigenvalue weighted by Crippen LogP contribution is -2.32. The summed E-state index contributed by atoms with van der Waals surface area (Å²) >= 11 is 0. The highest BCUT2D eigenvalue weighted by molar-refractivity contribution is 5.89. The minimum absolute atomic E-state index is 0.0712. The number of hydrogen-bond acceptors (Lipinski definition) is 5. The van der Waals surface area contributed by atoms with Gasteiger partial charge in [0, 0.05) is 36.6 Å². The summed E-state index contributed by atoms with van der Waals surface area (Å²) in [6.07, 6.45) is 7.79. The van der Waals surface area contributed by atoms with E-state index in [9.17, 15) is 4.79 Å². The van der Waals surface area contributed by atoms with Crippen LogP contribution in [0.25, 0.3) is 22.7 Å². The third-order valence-electron chi connectivity index (χ3n) is 8.05. The van der Waals surface area contributed by atoms with Crippen molar-refractivity contribution in [3.05, 3.63) is 98.8 Å². The molecule has 6 rings (SSSR count). The van der Waals surface area contributed by atoms with Gasteiger partial charge in [-0.2, -0.15) is 0 Å². The van der Waals surface area contributed by atoms with Crippen LogP contribution in [-0.4, -0.2) is 43.9 Å². The zero-order chi connectivity index (χ0) is 26.9. The Balaban J connectivity index is 1.25. The molecule has 0 N–H and O–H groups in total. The number of para-hydroxylation sites is 1. The smallest absolute Gasteiger partial charge is 0.197 e. The maximum Gasteiger partial charge on any atom is 0.197 e. The predicted octanol–water partition coefficient (Wildman–Crippen LogP) is 5.58. The summed E-state index contributed by atoms with van der Waals surface area (Å²) in [5.41, 5.74) is 7.74. The molecular weight excluding hydrogens is 488 g/mol. The number of aromatic nitrogens is 1. The molecule has 6 heteroatoms. The number of allylic oxidation sites excluding steroid dienone is 1. The molecule has 2 heterocycles. The van der Waals surface area contributed by atoms with Crippen LogP contribution in [0.5, 0.6) is 17.2 Å². The maximum atomic E-state index is 13.3. The van der Waals surface area contributed by atoms with Gasteiger partial charge in [0.25, 0.3) is 0 Å². The van der Waals surface area contributed by atoms with Crippen LogP contribution in [0.1, 0.15) is 34.4 Å². The highest BCUT2D eigenvalue weighted by Gasteiger charge is 2.22. The van der Waals surface area contributed by atoms with Crippen molar-refractivity contribution in [1.29, 1.82) is 0 Å². The average Bonchev–Trinajstić information content (AvgIpc) is 2.99. The number of fused-ring (bicyclic) bond motifs is 3. The molecule has 0 saturated carbocycles. The number of hydrogen-bond donors (Lipinski definition) is 0. The highest BCUT2D eigenvalue weighted by atomic mass is 16.5. The lowest BCUT2D eigenvalue weighted by atomic mass is 9.98. The second-order valence-corrected chi connectivity index (χ2v) is 10.2. The Morgan fingerprint density at radius 3 is 2.33 bits per heavy atom. The molecule has 0 atom stereocenters. The minimum Gasteiger partial charge on any atom is -0.495 e. The monoisotopic (exact) mass is 522 g/mol. The van der Waals surface area contributed by atoms with E-state index < -0.39 is 0 Å². The molecule has 200 valence electrons. The predicted molar refractivity (Wildman–Crippen MR) is 156 cm³/mol. The van der Waals surface area contributed by atoms with Crippen LogP contribution in [0.2, 0.25) is 0 Å². The minimum atomic E-state index is 0.0712. The fraction of sp³-hybridized carbons (Fsp3) is 0.303. The molecule has 0 spiro atoms. The average molecular weight is 523 g/mol. The van der Waals surface area contributed by atoms with Gasteiger partial charge in [0.05, 0.1) is 32.2 Å². The van der Waals surface area contributed by atoms with Gasteiger partial charge >= 0.3 is 0 Å². The van der Waals surface area contributed by atoms with Crippen LogP contribution in [-0.2, 0) is 25.8 Å². The molecule has 2 aliphatic rings. The topological polar surface area (TPSA) is 52.9 Å². The van der Waals surface area contributed by atoms with Crippen molar-refractivity contribution in [2.24, 2.45) is 0 Å². The lowest BCUT2D eigenvalue weighted by molar-refractivity contribution is 0.255. The van der Waals surface area contributed by atoms with Crippen LogP contribution in [0.3, 0.4) is 0 Å². The molecular formula is C33H34N2O4. The first-order chi connectivity index (χ1) is 19.1. The van der Waals surface area contributed by atoms with Crippen LogP contribution < -0.4 is 19.6 Å². The Morgan fingerprint density at radius 1 is 0.846 bits per heavy atom. The van der Waals surface area contributed by atoms with Gasteiger partial charge in [-0.3, -0.25) is 9.69 Å². The standard InChI is InChI=1S/C33H34N2O4/c1-37-29-10-6-8-27-32(29)35(28-9-5-4-7-26(28)33(27)36)25-13-11-22(12-14-25)15-17-34-18-16-23-19-30(38-2)31(39-3)20-24(23)21-34/h4,6-8,10-14,19-20H,5,9,15-18,21H2,1-3H3. The summed E-state index contributed by atoms with van der Waals surface area (Å²) in [5, 5.41) is 0.684. The van der Waals surface area contributed by atoms with E-state index in [4.69, 9.17) is 14.2 Å². The largest absolute Gasteiger partial charge is 0.495 e. The highest BCUT2D eigenvalue weighted by Crippen LogP contribution is 2.34. The Bertz CT molecular complexity index is 1620. The van der Waals surface area contributed by atoms with Crippen molar-refractivity contribution in [3.63, 3.8) is 0 Å². The third-order valence-corrected chi connectivity index (χ3v) is 8.05. The van der Waals surface area contributed by atoms with E-state index in [2.05, 4.69) is 51.9 Å². The Morgan fingerprint density at radius 2 is 1.59 bits per heavy atom. The van der Waals surface area contributed by atoms with Gasteiger partial charge in [0.2, 0.25) is 0 Å². The van der Waals surface area contributed by atoms with E-state index in [1.165, 1.54) is 16.7 Å². The zero-order valence-electron chi connectivity index (χ0n) is 22.8. The van der Waals surface area contributed by atoms with E-state index in [0.29, 0.717) is 11.1 Å². The summed E-state index contributed by atoms with van der Waals surface area (Å²) in [7, 11) is 5.04. The lowest BCUT2D eigenvalue weighted by Gasteiger charge is -2.29. The second-order valence-electron chi connectivity index (χ2n) is 10.2. The van der Waals surface area contributed by atoms with Gasteiger partial charge in [-0.05, 0) is 78.8 Å². The van der Waals surface area contributed by atoms with Gasteiger partial charge in [-0.1, -0.05) is 30.4 Å². The van der Waals surface area contributed by atoms with Crippen molar-refractivity contribution >= 4 is 17.0 Å². The number of rotatable bonds is 7. The summed E-state index contributed by atoms with van der Waals surface area (Å²) in [6.45, 7) is 2.93. The number of pyridine rings is 1. The van der Waals surface area contributed by atoms with Gasteiger partial charge in [-0.15, -0.1) is 0 Å². The third kappa shape index (κ3) is 4.59. The van der Waals surface area contributed by atoms with Gasteiger partial charge in [0.1, 0.15) is 5.75 Å². The number of benzene rings is 3. The maximum absolute atomic E-state index is 13.3. The van der Waals surface area contributed by atoms with E-state index in [1.807, 2.05) is 24.3 Å². The summed E-state index contributed by atoms with van der Waals surface area (Å²) in [6, 6.07) is 18.7. The molecule has 0 radical (unpaired) electrons. The Labute approximate surface area is 229 Å². The quantitative estimate of drug-likeness (QED) is 0.317. The second kappa shape index (κ2) is 10.6. The van der Waals surface area contributed by atoms with Crippen molar-refractivity contribution in [2.75, 3.05) is 34.4 Å². The van der Waals surface area contributed by atoms with Crippen LogP contribution in [0.15, 0.2) is 65.5 Å². The molecule has 1 aliphatic heterocycles. The van der Waals surface area contributed by atoms with Gasteiger partial charge in [-0.25, -0.2) is 0 Å². The number of ether oxygens (including phenoxy) is 3. The molecule has 0 bridgehead atoms. The summed E-state index contributed by atoms with van der Waals surface area (Å²) in [5.74, 6) is 2.30. The first kappa shape index (κ1) is 25.3. The molecule has 0 fully saturated rings. The van der Waals surface area contributed by atoms with Crippen molar-refractivity contribution in [3.8, 4) is 22.9 Å². The van der Waals surface area contributed by atoms with Crippen LogP contribution in [0.4, 0.5) is 0 Å². The molecule has 0 unspecified atom stereocenters. The van der Waals surface area contributed by atoms with E-state index in [1.54, 1.807) is 21.3 Å². The van der Waals surface area contributed by atoms with Crippen molar-refractivity contribution in [1.82, 2.24) is 9.47 Å². The first-order valence-corrected chi connectivity index (χ1v) is 13.6. The Kier molecular flexibility index (Phi) is 6.88. The van der Waals surface area contributed by atoms with E-state index in [-0.39, 0.29) is 5.43 Å². The van der Waals surface area contributed by atoms with Gasteiger partial charge in [0.15, 0.2) is 16.9 Å². The fourth-order valence-corrected chi connectivity index (χ4v) is 5.99. The zero-order valence-corrected chi connectivity index (χ0v) is 22.8. The van der Waals surface area contributed by atoms with Gasteiger partial charge < -0.3 is 18.8 Å². The molecule has 0 amide bonds. The summed E-state index contributed by atoms with van der Waals surface area (Å²) in [4.78, 5) is 15.8. The molecule has 1 aliphatic carbocycles. The van der Waals surface area contributed by atoms with E-state index >= 15 is 0 Å². The molecule has 39 heavy (non-hydrogen) atoms. The van der Waals surface area contributed by atoms with Crippen molar-refractivity contribution < 1.29 is 14.2 Å². The first-order valence-electron chi connectivity index (χ1n) is 13.6. The number of methoxy groups -OCH3 is 3. The summed E-state index contributed by atoms with van der Waals surface area (Å²) < 4.78 is 18.9. The van der Waals surface area contributed by atoms with Crippen LogP contribution in [0, 0.1) is 0 Å². The fourth-order valence-electron chi connectivity index (χ4n) is 5.99. The Hall–Kier alpha value is -4.03. The van der Waals surface area contributed by atoms with Crippen LogP contribution >= 0.6 is 0 Å². The molecule has 0 saturated heterocycles. The number of nitrogens with zero attached hydrogens (tertiary/aromatic N) is 2. The molecule has 6 nitrogen and oxygen atoms in total. The normalized spacial score (nSPS) is 14.6.